The number of hydrogen-bond acceptors (Lipinski definition) is 6. The third kappa shape index (κ3) is 3.98. The number of carbonyl (C=O) groups excluding carboxylic acids is 2. The van der Waals surface area contributed by atoms with Gasteiger partial charge in [-0.15, -0.1) is 0 Å². The van der Waals surface area contributed by atoms with Crippen molar-refractivity contribution in [1.29, 1.82) is 0 Å². The summed E-state index contributed by atoms with van der Waals surface area (Å²) < 4.78 is 12.3. The highest BCUT2D eigenvalue weighted by Gasteiger charge is 2.44. The molecule has 0 bridgehead atoms. The highest BCUT2D eigenvalue weighted by atomic mass is 16.5. The van der Waals surface area contributed by atoms with E-state index in [-0.39, 0.29) is 17.9 Å². The number of aliphatic hydroxyl groups excluding tert-OH is 1. The number of methoxy groups -OCH3 is 1. The van der Waals surface area contributed by atoms with Crippen molar-refractivity contribution < 1.29 is 24.2 Å². The number of aromatic nitrogens is 2. The molecule has 2 heterocycles. The molecule has 1 N–H and O–H groups in total. The van der Waals surface area contributed by atoms with E-state index >= 15 is 0 Å². The van der Waals surface area contributed by atoms with Gasteiger partial charge in [-0.1, -0.05) is 0 Å². The smallest absolute Gasteiger partial charge is 0.337 e. The number of aryl methyl sites for hydroxylation is 1. The van der Waals surface area contributed by atoms with Gasteiger partial charge in [-0.05, 0) is 48.9 Å². The van der Waals surface area contributed by atoms with Crippen LogP contribution in [-0.4, -0.2) is 64.1 Å². The van der Waals surface area contributed by atoms with Crippen molar-refractivity contribution in [3.05, 3.63) is 47.8 Å². The lowest BCUT2D eigenvalue weighted by molar-refractivity contribution is -0.0231. The van der Waals surface area contributed by atoms with E-state index in [1.807, 2.05) is 4.90 Å². The minimum Gasteiger partial charge on any atom is -0.488 e. The Kier molecular flexibility index (Phi) is 5.27. The molecule has 1 saturated carbocycles. The second kappa shape index (κ2) is 7.87. The first-order valence-electron chi connectivity index (χ1n) is 9.75. The molecule has 1 amide bonds. The Bertz CT molecular complexity index is 894. The summed E-state index contributed by atoms with van der Waals surface area (Å²) in [4.78, 5) is 26.1. The van der Waals surface area contributed by atoms with Crippen LogP contribution in [-0.2, 0) is 11.8 Å². The molecular weight excluding hydrogens is 374 g/mol. The van der Waals surface area contributed by atoms with Gasteiger partial charge in [0.1, 0.15) is 11.9 Å². The zero-order valence-corrected chi connectivity index (χ0v) is 16.5. The summed E-state index contributed by atoms with van der Waals surface area (Å²) in [5, 5.41) is 14.7. The fraction of sp³-hybridized carbons (Fsp3) is 0.476. The maximum absolute atomic E-state index is 12.7. The molecule has 29 heavy (non-hydrogen) atoms. The van der Waals surface area contributed by atoms with Crippen LogP contribution in [0.15, 0.2) is 36.7 Å². The Hall–Kier alpha value is -2.87. The first-order chi connectivity index (χ1) is 13.9. The lowest BCUT2D eigenvalue weighted by Gasteiger charge is -2.35. The number of fused-ring (bicyclic) bond motifs is 1. The summed E-state index contributed by atoms with van der Waals surface area (Å²) in [5.74, 6) is 0.742. The van der Waals surface area contributed by atoms with Crippen LogP contribution in [0.25, 0.3) is 0 Å². The molecule has 1 aromatic carbocycles. The molecule has 4 rings (SSSR count). The summed E-state index contributed by atoms with van der Waals surface area (Å²) in [6.45, 7) is 1.31. The zero-order chi connectivity index (χ0) is 20.5. The van der Waals surface area contributed by atoms with Crippen molar-refractivity contribution in [3.8, 4) is 5.75 Å². The molecule has 2 fully saturated rings. The van der Waals surface area contributed by atoms with E-state index in [4.69, 9.17) is 9.47 Å². The van der Waals surface area contributed by atoms with Crippen molar-refractivity contribution in [2.24, 2.45) is 18.9 Å². The molecule has 8 heteroatoms. The summed E-state index contributed by atoms with van der Waals surface area (Å²) in [6, 6.07) is 6.70. The number of rotatable bonds is 4. The largest absolute Gasteiger partial charge is 0.488 e. The molecule has 0 spiro atoms. The van der Waals surface area contributed by atoms with Gasteiger partial charge in [0.05, 0.1) is 30.5 Å². The van der Waals surface area contributed by atoms with Gasteiger partial charge in [-0.3, -0.25) is 9.48 Å². The molecule has 8 nitrogen and oxygen atoms in total. The van der Waals surface area contributed by atoms with Crippen LogP contribution in [0.1, 0.15) is 33.6 Å². The van der Waals surface area contributed by atoms with Crippen LogP contribution in [0.5, 0.6) is 5.75 Å². The molecule has 2 aliphatic rings. The van der Waals surface area contributed by atoms with Crippen LogP contribution in [0.4, 0.5) is 0 Å². The highest BCUT2D eigenvalue weighted by molar-refractivity contribution is 5.94. The molecule has 1 aromatic heterocycles. The van der Waals surface area contributed by atoms with Crippen LogP contribution in [0.2, 0.25) is 0 Å². The standard InChI is InChI=1S/C21H25N3O5/c1-23-10-16(9-22-23)20(26)24-11-14-7-18(25)19(8-15(14)12-24)29-17-5-3-13(4-6-17)21(27)28-2/h3-6,9-10,14-15,18-19,25H,7-8,11-12H2,1-2H3/t14-,15+,18-,19-/m0/s1. The van der Waals surface area contributed by atoms with Gasteiger partial charge in [0.2, 0.25) is 0 Å². The molecule has 1 aliphatic heterocycles. The van der Waals surface area contributed by atoms with Crippen molar-refractivity contribution in [1.82, 2.24) is 14.7 Å². The number of carbonyl (C=O) groups is 2. The number of hydrogen-bond donors (Lipinski definition) is 1. The Morgan fingerprint density at radius 1 is 1.10 bits per heavy atom. The number of esters is 1. The fourth-order valence-corrected chi connectivity index (χ4v) is 4.36. The molecule has 0 radical (unpaired) electrons. The average Bonchev–Trinajstić information content (AvgIpc) is 3.33. The number of nitrogens with zero attached hydrogens (tertiary/aromatic N) is 3. The Morgan fingerprint density at radius 2 is 1.79 bits per heavy atom. The summed E-state index contributed by atoms with van der Waals surface area (Å²) in [5.41, 5.74) is 1.04. The molecule has 154 valence electrons. The third-order valence-electron chi connectivity index (χ3n) is 5.89. The predicted octanol–water partition coefficient (Wildman–Crippen LogP) is 1.50. The number of benzene rings is 1. The molecule has 1 saturated heterocycles. The molecule has 2 aromatic rings. The molecular formula is C21H25N3O5. The summed E-state index contributed by atoms with van der Waals surface area (Å²) in [6.07, 6.45) is 3.67. The minimum atomic E-state index is -0.593. The van der Waals surface area contributed by atoms with E-state index in [0.29, 0.717) is 48.7 Å². The normalized spacial score (nSPS) is 26.1. The van der Waals surface area contributed by atoms with Gasteiger partial charge < -0.3 is 19.5 Å². The summed E-state index contributed by atoms with van der Waals surface area (Å²) >= 11 is 0. The van der Waals surface area contributed by atoms with Gasteiger partial charge >= 0.3 is 5.97 Å². The van der Waals surface area contributed by atoms with Gasteiger partial charge in [0.15, 0.2) is 0 Å². The van der Waals surface area contributed by atoms with Gasteiger partial charge in [0, 0.05) is 26.3 Å². The van der Waals surface area contributed by atoms with E-state index in [1.165, 1.54) is 7.11 Å². The maximum atomic E-state index is 12.7. The van der Waals surface area contributed by atoms with Crippen LogP contribution in [0.3, 0.4) is 0 Å². The number of likely N-dealkylation sites (tertiary alicyclic amines) is 1. The maximum Gasteiger partial charge on any atom is 0.337 e. The van der Waals surface area contributed by atoms with E-state index < -0.39 is 12.1 Å². The Balaban J connectivity index is 1.39. The van der Waals surface area contributed by atoms with Crippen molar-refractivity contribution >= 4 is 11.9 Å². The van der Waals surface area contributed by atoms with E-state index in [1.54, 1.807) is 48.4 Å². The minimum absolute atomic E-state index is 0.0159. The third-order valence-corrected chi connectivity index (χ3v) is 5.89. The van der Waals surface area contributed by atoms with Crippen LogP contribution in [0, 0.1) is 11.8 Å². The molecule has 0 unspecified atom stereocenters. The zero-order valence-electron chi connectivity index (χ0n) is 16.5. The topological polar surface area (TPSA) is 93.9 Å². The second-order valence-electron chi connectivity index (χ2n) is 7.84. The number of ether oxygens (including phenoxy) is 2. The van der Waals surface area contributed by atoms with Crippen molar-refractivity contribution in [3.63, 3.8) is 0 Å². The van der Waals surface area contributed by atoms with E-state index in [2.05, 4.69) is 5.10 Å². The predicted molar refractivity (Wildman–Crippen MR) is 104 cm³/mol. The average molecular weight is 399 g/mol. The fourth-order valence-electron chi connectivity index (χ4n) is 4.36. The Labute approximate surface area is 169 Å². The second-order valence-corrected chi connectivity index (χ2v) is 7.84. The quantitative estimate of drug-likeness (QED) is 0.783. The van der Waals surface area contributed by atoms with E-state index in [0.717, 1.165) is 0 Å². The van der Waals surface area contributed by atoms with Gasteiger partial charge in [0.25, 0.3) is 5.91 Å². The first-order valence-corrected chi connectivity index (χ1v) is 9.75. The number of amides is 1. The highest BCUT2D eigenvalue weighted by Crippen LogP contribution is 2.38. The SMILES string of the molecule is COC(=O)c1ccc(O[C@H]2C[C@@H]3CN(C(=O)c4cnn(C)c4)C[C@@H]3C[C@@H]2O)cc1. The van der Waals surface area contributed by atoms with Gasteiger partial charge in [-0.25, -0.2) is 4.79 Å². The monoisotopic (exact) mass is 399 g/mol. The lowest BCUT2D eigenvalue weighted by atomic mass is 9.78. The first kappa shape index (κ1) is 19.4. The molecule has 4 atom stereocenters. The van der Waals surface area contributed by atoms with Crippen LogP contribution >= 0.6 is 0 Å². The van der Waals surface area contributed by atoms with Crippen molar-refractivity contribution in [2.45, 2.75) is 25.0 Å². The Morgan fingerprint density at radius 3 is 2.41 bits per heavy atom. The van der Waals surface area contributed by atoms with Crippen molar-refractivity contribution in [2.75, 3.05) is 20.2 Å². The van der Waals surface area contributed by atoms with Gasteiger partial charge in [-0.2, -0.15) is 5.10 Å². The lowest BCUT2D eigenvalue weighted by Crippen LogP contribution is -2.42. The van der Waals surface area contributed by atoms with E-state index in [9.17, 15) is 14.7 Å². The van der Waals surface area contributed by atoms with Crippen LogP contribution < -0.4 is 4.74 Å². The summed E-state index contributed by atoms with van der Waals surface area (Å²) in [7, 11) is 3.13. The molecule has 1 aliphatic carbocycles. The number of aliphatic hydroxyl groups is 1.